The number of rotatable bonds is 5. The molecule has 3 heteroatoms. The van der Waals surface area contributed by atoms with Crippen LogP contribution in [0.3, 0.4) is 0 Å². The smallest absolute Gasteiger partial charge is 0.224 e. The van der Waals surface area contributed by atoms with Crippen molar-refractivity contribution in [2.24, 2.45) is 0 Å². The summed E-state index contributed by atoms with van der Waals surface area (Å²) >= 11 is 0. The third kappa shape index (κ3) is 3.85. The number of ketones is 1. The molecule has 1 atom stereocenters. The molecule has 0 heterocycles. The van der Waals surface area contributed by atoms with Crippen molar-refractivity contribution in [1.29, 1.82) is 0 Å². The van der Waals surface area contributed by atoms with Crippen LogP contribution in [-0.4, -0.2) is 17.7 Å². The molecule has 1 aromatic carbocycles. The Morgan fingerprint density at radius 3 is 2.44 bits per heavy atom. The zero-order valence-electron chi connectivity index (χ0n) is 9.69. The van der Waals surface area contributed by atoms with Gasteiger partial charge in [-0.25, -0.2) is 0 Å². The van der Waals surface area contributed by atoms with E-state index in [9.17, 15) is 9.59 Å². The molecule has 1 amide bonds. The summed E-state index contributed by atoms with van der Waals surface area (Å²) in [5.41, 5.74) is 0.955. The molecule has 0 saturated carbocycles. The number of hydrogen-bond donors (Lipinski definition) is 1. The molecule has 0 spiro atoms. The summed E-state index contributed by atoms with van der Waals surface area (Å²) in [6.45, 7) is 3.51. The fraction of sp³-hybridized carbons (Fsp3) is 0.385. The third-order valence-electron chi connectivity index (χ3n) is 2.42. The highest BCUT2D eigenvalue weighted by Gasteiger charge is 2.13. The number of carbonyl (C=O) groups is 2. The molecule has 0 saturated heterocycles. The van der Waals surface area contributed by atoms with Gasteiger partial charge < -0.3 is 5.32 Å². The van der Waals surface area contributed by atoms with E-state index >= 15 is 0 Å². The van der Waals surface area contributed by atoms with Gasteiger partial charge in [-0.05, 0) is 12.5 Å². The van der Waals surface area contributed by atoms with Gasteiger partial charge in [0.2, 0.25) is 5.91 Å². The Morgan fingerprint density at radius 1 is 1.25 bits per heavy atom. The zero-order valence-corrected chi connectivity index (χ0v) is 9.69. The van der Waals surface area contributed by atoms with Gasteiger partial charge in [-0.2, -0.15) is 0 Å². The number of carbonyl (C=O) groups excluding carboxylic acids is 2. The number of amides is 1. The van der Waals surface area contributed by atoms with Gasteiger partial charge in [0.25, 0.3) is 0 Å². The SMILES string of the molecule is CCC(=O)C(C)NC(=O)Cc1ccccc1. The van der Waals surface area contributed by atoms with Gasteiger partial charge in [-0.3, -0.25) is 9.59 Å². The van der Waals surface area contributed by atoms with E-state index in [4.69, 9.17) is 0 Å². The molecule has 86 valence electrons. The van der Waals surface area contributed by atoms with E-state index in [1.165, 1.54) is 0 Å². The lowest BCUT2D eigenvalue weighted by atomic mass is 10.1. The van der Waals surface area contributed by atoms with Crippen molar-refractivity contribution in [2.45, 2.75) is 32.7 Å². The Balaban J connectivity index is 2.45. The lowest BCUT2D eigenvalue weighted by molar-refractivity contribution is -0.126. The van der Waals surface area contributed by atoms with Gasteiger partial charge in [0, 0.05) is 6.42 Å². The van der Waals surface area contributed by atoms with Crippen LogP contribution in [0.1, 0.15) is 25.8 Å². The Morgan fingerprint density at radius 2 is 1.88 bits per heavy atom. The summed E-state index contributed by atoms with van der Waals surface area (Å²) in [6.07, 6.45) is 0.773. The fourth-order valence-corrected chi connectivity index (χ4v) is 1.46. The lowest BCUT2D eigenvalue weighted by Gasteiger charge is -2.11. The molecule has 0 aliphatic carbocycles. The second kappa shape index (κ2) is 6.05. The maximum Gasteiger partial charge on any atom is 0.224 e. The Kier molecular flexibility index (Phi) is 4.70. The Labute approximate surface area is 95.9 Å². The predicted molar refractivity (Wildman–Crippen MR) is 63.0 cm³/mol. The van der Waals surface area contributed by atoms with E-state index < -0.39 is 0 Å². The van der Waals surface area contributed by atoms with Gasteiger partial charge in [-0.1, -0.05) is 37.3 Å². The monoisotopic (exact) mass is 219 g/mol. The van der Waals surface area contributed by atoms with E-state index in [2.05, 4.69) is 5.32 Å². The highest BCUT2D eigenvalue weighted by atomic mass is 16.2. The van der Waals surface area contributed by atoms with Crippen LogP contribution < -0.4 is 5.32 Å². The number of Topliss-reactive ketones (excluding diaryl/α,β-unsaturated/α-hetero) is 1. The third-order valence-corrected chi connectivity index (χ3v) is 2.42. The van der Waals surface area contributed by atoms with Crippen LogP contribution >= 0.6 is 0 Å². The molecular formula is C13H17NO2. The van der Waals surface area contributed by atoms with Crippen molar-refractivity contribution in [3.63, 3.8) is 0 Å². The molecule has 1 aromatic rings. The van der Waals surface area contributed by atoms with Crippen molar-refractivity contribution >= 4 is 11.7 Å². The highest BCUT2D eigenvalue weighted by molar-refractivity contribution is 5.89. The van der Waals surface area contributed by atoms with Crippen LogP contribution in [0, 0.1) is 0 Å². The molecule has 0 radical (unpaired) electrons. The topological polar surface area (TPSA) is 46.2 Å². The van der Waals surface area contributed by atoms with E-state index in [-0.39, 0.29) is 17.7 Å². The predicted octanol–water partition coefficient (Wildman–Crippen LogP) is 1.71. The standard InChI is InChI=1S/C13H17NO2/c1-3-12(15)10(2)14-13(16)9-11-7-5-4-6-8-11/h4-8,10H,3,9H2,1-2H3,(H,14,16). The molecule has 0 fully saturated rings. The van der Waals surface area contributed by atoms with Gasteiger partial charge in [0.05, 0.1) is 12.5 Å². The first-order chi connectivity index (χ1) is 7.63. The summed E-state index contributed by atoms with van der Waals surface area (Å²) in [7, 11) is 0. The van der Waals surface area contributed by atoms with Crippen LogP contribution in [0.5, 0.6) is 0 Å². The summed E-state index contributed by atoms with van der Waals surface area (Å²) in [6, 6.07) is 9.09. The molecule has 16 heavy (non-hydrogen) atoms. The molecule has 3 nitrogen and oxygen atoms in total. The maximum atomic E-state index is 11.6. The molecule has 0 aromatic heterocycles. The van der Waals surface area contributed by atoms with Crippen molar-refractivity contribution in [1.82, 2.24) is 5.32 Å². The molecule has 0 aliphatic rings. The summed E-state index contributed by atoms with van der Waals surface area (Å²) in [5.74, 6) is -0.0538. The Hall–Kier alpha value is -1.64. The Bertz CT molecular complexity index is 359. The van der Waals surface area contributed by atoms with Gasteiger partial charge in [0.15, 0.2) is 5.78 Å². The highest BCUT2D eigenvalue weighted by Crippen LogP contribution is 2.00. The second-order valence-electron chi connectivity index (χ2n) is 3.77. The van der Waals surface area contributed by atoms with E-state index in [1.54, 1.807) is 13.8 Å². The molecule has 1 unspecified atom stereocenters. The molecule has 0 aliphatic heterocycles. The number of hydrogen-bond acceptors (Lipinski definition) is 2. The minimum absolute atomic E-state index is 0.0569. The van der Waals surface area contributed by atoms with Crippen LogP contribution in [0.2, 0.25) is 0 Å². The normalized spacial score (nSPS) is 11.9. The van der Waals surface area contributed by atoms with E-state index in [0.29, 0.717) is 12.8 Å². The molecular weight excluding hydrogens is 202 g/mol. The van der Waals surface area contributed by atoms with Crippen LogP contribution in [0.25, 0.3) is 0 Å². The van der Waals surface area contributed by atoms with Crippen molar-refractivity contribution in [3.8, 4) is 0 Å². The van der Waals surface area contributed by atoms with Gasteiger partial charge >= 0.3 is 0 Å². The first-order valence-electron chi connectivity index (χ1n) is 5.49. The summed E-state index contributed by atoms with van der Waals surface area (Å²) < 4.78 is 0. The van der Waals surface area contributed by atoms with Crippen LogP contribution in [-0.2, 0) is 16.0 Å². The molecule has 0 bridgehead atoms. The zero-order chi connectivity index (χ0) is 12.0. The van der Waals surface area contributed by atoms with Gasteiger partial charge in [-0.15, -0.1) is 0 Å². The van der Waals surface area contributed by atoms with Crippen molar-refractivity contribution in [2.75, 3.05) is 0 Å². The average Bonchev–Trinajstić information content (AvgIpc) is 2.29. The second-order valence-corrected chi connectivity index (χ2v) is 3.77. The molecule has 1 N–H and O–H groups in total. The number of nitrogens with one attached hydrogen (secondary N) is 1. The first-order valence-corrected chi connectivity index (χ1v) is 5.49. The quantitative estimate of drug-likeness (QED) is 0.819. The maximum absolute atomic E-state index is 11.6. The average molecular weight is 219 g/mol. The van der Waals surface area contributed by atoms with Crippen molar-refractivity contribution < 1.29 is 9.59 Å². The first kappa shape index (κ1) is 12.4. The van der Waals surface area contributed by atoms with Crippen LogP contribution in [0.4, 0.5) is 0 Å². The summed E-state index contributed by atoms with van der Waals surface area (Å²) in [4.78, 5) is 22.9. The minimum atomic E-state index is -0.388. The number of benzene rings is 1. The van der Waals surface area contributed by atoms with E-state index in [1.807, 2.05) is 30.3 Å². The van der Waals surface area contributed by atoms with Gasteiger partial charge in [0.1, 0.15) is 0 Å². The minimum Gasteiger partial charge on any atom is -0.346 e. The largest absolute Gasteiger partial charge is 0.346 e. The van der Waals surface area contributed by atoms with E-state index in [0.717, 1.165) is 5.56 Å². The van der Waals surface area contributed by atoms with Crippen LogP contribution in [0.15, 0.2) is 30.3 Å². The molecule has 1 rings (SSSR count). The van der Waals surface area contributed by atoms with Crippen molar-refractivity contribution in [3.05, 3.63) is 35.9 Å². The fourth-order valence-electron chi connectivity index (χ4n) is 1.46. The lowest BCUT2D eigenvalue weighted by Crippen LogP contribution is -2.39. The summed E-state index contributed by atoms with van der Waals surface area (Å²) in [5, 5.41) is 2.69.